The highest BCUT2D eigenvalue weighted by Crippen LogP contribution is 2.33. The number of carbonyl (C=O) groups excluding carboxylic acids is 1. The maximum Gasteiger partial charge on any atom is 0.256 e. The first kappa shape index (κ1) is 21.9. The second-order valence-corrected chi connectivity index (χ2v) is 7.47. The molecule has 1 amide bonds. The van der Waals surface area contributed by atoms with Gasteiger partial charge in [-0.2, -0.15) is 5.10 Å². The van der Waals surface area contributed by atoms with Gasteiger partial charge < -0.3 is 15.4 Å². The number of hydrogen-bond acceptors (Lipinski definition) is 4. The first-order chi connectivity index (χ1) is 15.7. The smallest absolute Gasteiger partial charge is 0.256 e. The molecule has 7 nitrogen and oxygen atoms in total. The molecule has 0 aliphatic rings. The van der Waals surface area contributed by atoms with Crippen LogP contribution in [0, 0.1) is 23.5 Å². The van der Waals surface area contributed by atoms with Crippen molar-refractivity contribution in [3.63, 3.8) is 0 Å². The Morgan fingerprint density at radius 2 is 2.00 bits per heavy atom. The number of carbonyl (C=O) groups is 1. The van der Waals surface area contributed by atoms with E-state index in [1.807, 2.05) is 0 Å². The number of hydrogen-bond donors (Lipinski definition) is 2. The molecule has 0 bridgehead atoms. The third kappa shape index (κ3) is 4.00. The largest absolute Gasteiger partial charge is 0.379 e. The van der Waals surface area contributed by atoms with Gasteiger partial charge in [0.1, 0.15) is 17.2 Å². The molecule has 166 valence electrons. The maximum absolute atomic E-state index is 14.7. The molecule has 9 heteroatoms. The molecule has 0 fully saturated rings. The molecular formula is C24H18F2N4O3. The van der Waals surface area contributed by atoms with Crippen molar-refractivity contribution >= 4 is 11.4 Å². The number of pyridine rings is 2. The summed E-state index contributed by atoms with van der Waals surface area (Å²) in [7, 11) is 1.48. The number of nitrogens with two attached hydrogens (primary N) is 1. The second-order valence-electron chi connectivity index (χ2n) is 7.47. The first-order valence-electron chi connectivity index (χ1n) is 9.81. The lowest BCUT2D eigenvalue weighted by atomic mass is 9.84. The zero-order valence-corrected chi connectivity index (χ0v) is 17.4. The minimum absolute atomic E-state index is 0.161. The molecule has 3 N–H and O–H groups in total. The summed E-state index contributed by atoms with van der Waals surface area (Å²) in [4.78, 5) is 24.5. The number of aryl methyl sites for hydroxylation is 1. The molecule has 3 heterocycles. The van der Waals surface area contributed by atoms with Crippen LogP contribution in [0.25, 0.3) is 5.52 Å². The Bertz CT molecular complexity index is 1510. The van der Waals surface area contributed by atoms with Crippen LogP contribution in [0.3, 0.4) is 0 Å². The average Bonchev–Trinajstić information content (AvgIpc) is 3.25. The molecule has 4 rings (SSSR count). The number of aromatic nitrogens is 3. The van der Waals surface area contributed by atoms with E-state index in [0.717, 1.165) is 18.2 Å². The lowest BCUT2D eigenvalue weighted by Gasteiger charge is -2.27. The van der Waals surface area contributed by atoms with Gasteiger partial charge in [0, 0.05) is 37.0 Å². The minimum atomic E-state index is -2.24. The quantitative estimate of drug-likeness (QED) is 0.467. The molecule has 0 saturated heterocycles. The van der Waals surface area contributed by atoms with Crippen LogP contribution in [-0.2, 0) is 12.6 Å². The number of rotatable bonds is 4. The van der Waals surface area contributed by atoms with Gasteiger partial charge in [-0.25, -0.2) is 13.3 Å². The normalized spacial score (nSPS) is 12.7. The third-order valence-electron chi connectivity index (χ3n) is 5.29. The lowest BCUT2D eigenvalue weighted by Crippen LogP contribution is -2.36. The van der Waals surface area contributed by atoms with E-state index < -0.39 is 40.7 Å². The van der Waals surface area contributed by atoms with Gasteiger partial charge in [-0.3, -0.25) is 9.59 Å². The summed E-state index contributed by atoms with van der Waals surface area (Å²) in [5.41, 5.74) is 3.08. The Kier molecular flexibility index (Phi) is 5.54. The van der Waals surface area contributed by atoms with Crippen LogP contribution >= 0.6 is 0 Å². The van der Waals surface area contributed by atoms with Crippen molar-refractivity contribution in [2.45, 2.75) is 12.0 Å². The minimum Gasteiger partial charge on any atom is -0.379 e. The fraction of sp³-hybridized carbons (Fsp3) is 0.125. The van der Waals surface area contributed by atoms with Crippen LogP contribution < -0.4 is 11.3 Å². The Balaban J connectivity index is 1.83. The van der Waals surface area contributed by atoms with Gasteiger partial charge in [0.2, 0.25) is 0 Å². The van der Waals surface area contributed by atoms with Crippen LogP contribution in [0.5, 0.6) is 0 Å². The molecule has 1 unspecified atom stereocenters. The molecule has 1 atom stereocenters. The van der Waals surface area contributed by atoms with Crippen molar-refractivity contribution in [3.05, 3.63) is 105 Å². The summed E-state index contributed by atoms with van der Waals surface area (Å²) < 4.78 is 31.3. The van der Waals surface area contributed by atoms with Crippen molar-refractivity contribution in [3.8, 4) is 11.8 Å². The van der Waals surface area contributed by atoms with E-state index in [0.29, 0.717) is 11.1 Å². The molecule has 0 spiro atoms. The first-order valence-corrected chi connectivity index (χ1v) is 9.81. The second kappa shape index (κ2) is 8.33. The van der Waals surface area contributed by atoms with Gasteiger partial charge in [-0.15, -0.1) is 0 Å². The summed E-state index contributed by atoms with van der Waals surface area (Å²) in [6.07, 6.45) is 4.09. The molecule has 0 radical (unpaired) electrons. The van der Waals surface area contributed by atoms with E-state index in [1.165, 1.54) is 46.7 Å². The molecule has 33 heavy (non-hydrogen) atoms. The van der Waals surface area contributed by atoms with E-state index in [2.05, 4.69) is 16.9 Å². The maximum atomic E-state index is 14.7. The average molecular weight is 448 g/mol. The summed E-state index contributed by atoms with van der Waals surface area (Å²) in [5.74, 6) is 3.17. The highest BCUT2D eigenvalue weighted by atomic mass is 19.1. The highest BCUT2D eigenvalue weighted by molar-refractivity contribution is 5.99. The van der Waals surface area contributed by atoms with Crippen molar-refractivity contribution in [1.29, 1.82) is 0 Å². The number of fused-ring (bicyclic) bond motifs is 1. The molecule has 0 aliphatic heterocycles. The topological polar surface area (TPSA) is 103 Å². The number of primary amides is 1. The fourth-order valence-corrected chi connectivity index (χ4v) is 3.63. The third-order valence-corrected chi connectivity index (χ3v) is 5.29. The van der Waals surface area contributed by atoms with E-state index in [-0.39, 0.29) is 11.1 Å². The summed E-state index contributed by atoms with van der Waals surface area (Å²) in [6, 6.07) is 8.57. The van der Waals surface area contributed by atoms with Gasteiger partial charge in [0.25, 0.3) is 11.5 Å². The fourth-order valence-electron chi connectivity index (χ4n) is 3.63. The Morgan fingerprint density at radius 3 is 2.76 bits per heavy atom. The van der Waals surface area contributed by atoms with Gasteiger partial charge in [0.05, 0.1) is 22.8 Å². The summed E-state index contributed by atoms with van der Waals surface area (Å²) >= 11 is 0. The standard InChI is InChI=1S/C24H18F2N4O3/c1-29-11-3-5-18(23(29)32)24(33,19-13-16(25)6-7-20(19)26)9-2-4-15-12-17(22(27)31)21-8-10-28-30(21)14-15/h3,5-8,10-14,33H,9H2,1H3,(H2,27,31). The Hall–Kier alpha value is -4.29. The highest BCUT2D eigenvalue weighted by Gasteiger charge is 2.36. The summed E-state index contributed by atoms with van der Waals surface area (Å²) in [5, 5.41) is 15.6. The van der Waals surface area contributed by atoms with Crippen molar-refractivity contribution in [2.75, 3.05) is 0 Å². The predicted molar refractivity (Wildman–Crippen MR) is 116 cm³/mol. The number of nitrogens with zero attached hydrogens (tertiary/aromatic N) is 3. The van der Waals surface area contributed by atoms with Crippen LogP contribution in [-0.4, -0.2) is 25.2 Å². The molecule has 3 aromatic heterocycles. The number of amides is 1. The van der Waals surface area contributed by atoms with Gasteiger partial charge in [0.15, 0.2) is 0 Å². The summed E-state index contributed by atoms with van der Waals surface area (Å²) in [6.45, 7) is 0. The van der Waals surface area contributed by atoms with E-state index in [4.69, 9.17) is 5.73 Å². The monoisotopic (exact) mass is 448 g/mol. The zero-order valence-electron chi connectivity index (χ0n) is 17.4. The molecule has 0 aliphatic carbocycles. The number of aliphatic hydroxyl groups is 1. The number of benzene rings is 1. The van der Waals surface area contributed by atoms with Gasteiger partial charge >= 0.3 is 0 Å². The van der Waals surface area contributed by atoms with Crippen molar-refractivity contribution in [1.82, 2.24) is 14.2 Å². The van der Waals surface area contributed by atoms with Gasteiger partial charge in [-0.1, -0.05) is 11.8 Å². The Labute approximate surface area is 186 Å². The Morgan fingerprint density at radius 1 is 1.21 bits per heavy atom. The molecule has 1 aromatic carbocycles. The lowest BCUT2D eigenvalue weighted by molar-refractivity contribution is 0.0800. The molecule has 4 aromatic rings. The van der Waals surface area contributed by atoms with Crippen LogP contribution in [0.4, 0.5) is 8.78 Å². The van der Waals surface area contributed by atoms with E-state index in [9.17, 15) is 23.5 Å². The molecular weight excluding hydrogens is 430 g/mol. The molecule has 0 saturated carbocycles. The van der Waals surface area contributed by atoms with Crippen LogP contribution in [0.1, 0.15) is 33.5 Å². The van der Waals surface area contributed by atoms with Crippen LogP contribution in [0.2, 0.25) is 0 Å². The van der Waals surface area contributed by atoms with Gasteiger partial charge in [-0.05, 0) is 42.5 Å². The van der Waals surface area contributed by atoms with E-state index >= 15 is 0 Å². The SMILES string of the molecule is Cn1cccc(C(O)(CC#Cc2cc(C(N)=O)c3ccnn3c2)c2cc(F)ccc2F)c1=O. The number of halogens is 2. The van der Waals surface area contributed by atoms with Crippen LogP contribution in [0.15, 0.2) is 65.8 Å². The van der Waals surface area contributed by atoms with Crippen molar-refractivity contribution < 1.29 is 18.7 Å². The zero-order chi connectivity index (χ0) is 23.8. The van der Waals surface area contributed by atoms with E-state index in [1.54, 1.807) is 12.3 Å². The predicted octanol–water partition coefficient (Wildman–Crippen LogP) is 2.09. The van der Waals surface area contributed by atoms with Crippen molar-refractivity contribution in [2.24, 2.45) is 12.8 Å².